The van der Waals surface area contributed by atoms with Crippen LogP contribution in [-0.2, 0) is 23.1 Å². The predicted molar refractivity (Wildman–Crippen MR) is 79.2 cm³/mol. The van der Waals surface area contributed by atoms with Crippen molar-refractivity contribution in [3.8, 4) is 6.07 Å². The van der Waals surface area contributed by atoms with E-state index in [1.807, 2.05) is 6.07 Å². The minimum atomic E-state index is -3.10. The van der Waals surface area contributed by atoms with Gasteiger partial charge in [-0.2, -0.15) is 5.26 Å². The van der Waals surface area contributed by atoms with E-state index in [9.17, 15) is 13.7 Å². The molecule has 114 valence electrons. The summed E-state index contributed by atoms with van der Waals surface area (Å²) in [6.45, 7) is 3.71. The van der Waals surface area contributed by atoms with Gasteiger partial charge >= 0.3 is 0 Å². The lowest BCUT2D eigenvalue weighted by atomic mass is 9.92. The SMILES string of the molecule is CS(=O)(=O)N1CCC(c2c(C#N)cc3n2CCNC3)CC1. The number of nitrogens with one attached hydrogen (secondary N) is 1. The molecule has 2 aliphatic heterocycles. The monoisotopic (exact) mass is 308 g/mol. The van der Waals surface area contributed by atoms with Gasteiger partial charge in [-0.25, -0.2) is 12.7 Å². The van der Waals surface area contributed by atoms with Crippen LogP contribution in [0.5, 0.6) is 0 Å². The van der Waals surface area contributed by atoms with Gasteiger partial charge in [-0.05, 0) is 18.9 Å². The van der Waals surface area contributed by atoms with E-state index in [1.165, 1.54) is 16.3 Å². The van der Waals surface area contributed by atoms with E-state index in [0.29, 0.717) is 13.1 Å². The molecule has 0 unspecified atom stereocenters. The zero-order chi connectivity index (χ0) is 15.0. The summed E-state index contributed by atoms with van der Waals surface area (Å²) in [6, 6.07) is 4.29. The summed E-state index contributed by atoms with van der Waals surface area (Å²) in [5.41, 5.74) is 3.03. The molecule has 1 fully saturated rings. The lowest BCUT2D eigenvalue weighted by molar-refractivity contribution is 0.312. The number of piperidine rings is 1. The van der Waals surface area contributed by atoms with Crippen molar-refractivity contribution in [1.29, 1.82) is 5.26 Å². The Balaban J connectivity index is 1.86. The lowest BCUT2D eigenvalue weighted by Crippen LogP contribution is -2.38. The normalized spacial score (nSPS) is 21.0. The third-order valence-corrected chi connectivity index (χ3v) is 5.78. The lowest BCUT2D eigenvalue weighted by Gasteiger charge is -2.32. The Morgan fingerprint density at radius 1 is 1.33 bits per heavy atom. The minimum absolute atomic E-state index is 0.282. The Hall–Kier alpha value is -1.36. The van der Waals surface area contributed by atoms with E-state index >= 15 is 0 Å². The van der Waals surface area contributed by atoms with Crippen molar-refractivity contribution in [2.24, 2.45) is 0 Å². The maximum atomic E-state index is 11.6. The highest BCUT2D eigenvalue weighted by atomic mass is 32.2. The van der Waals surface area contributed by atoms with Gasteiger partial charge < -0.3 is 9.88 Å². The molecule has 1 saturated heterocycles. The van der Waals surface area contributed by atoms with Gasteiger partial charge in [-0.1, -0.05) is 0 Å². The summed E-state index contributed by atoms with van der Waals surface area (Å²) in [5, 5.41) is 12.7. The van der Waals surface area contributed by atoms with E-state index < -0.39 is 10.0 Å². The Morgan fingerprint density at radius 2 is 2.05 bits per heavy atom. The summed E-state index contributed by atoms with van der Waals surface area (Å²) in [7, 11) is -3.10. The molecule has 1 aromatic rings. The largest absolute Gasteiger partial charge is 0.345 e. The van der Waals surface area contributed by atoms with Crippen molar-refractivity contribution < 1.29 is 8.42 Å². The predicted octanol–water partition coefficient (Wildman–Crippen LogP) is 0.602. The topological polar surface area (TPSA) is 78.1 Å². The molecule has 3 heterocycles. The van der Waals surface area contributed by atoms with E-state index in [2.05, 4.69) is 16.0 Å². The minimum Gasteiger partial charge on any atom is -0.345 e. The summed E-state index contributed by atoms with van der Waals surface area (Å²) >= 11 is 0. The fraction of sp³-hybridized carbons (Fsp3) is 0.643. The molecule has 0 aliphatic carbocycles. The molecule has 0 atom stereocenters. The first-order chi connectivity index (χ1) is 10.0. The molecule has 0 amide bonds. The number of hydrogen-bond donors (Lipinski definition) is 1. The Labute approximate surface area is 125 Å². The highest BCUT2D eigenvalue weighted by molar-refractivity contribution is 7.88. The van der Waals surface area contributed by atoms with Crippen molar-refractivity contribution in [2.45, 2.75) is 31.8 Å². The van der Waals surface area contributed by atoms with Gasteiger partial charge in [0.15, 0.2) is 0 Å². The molecule has 21 heavy (non-hydrogen) atoms. The number of hydrogen-bond acceptors (Lipinski definition) is 4. The standard InChI is InChI=1S/C14H20N4O2S/c1-21(19,20)17-5-2-11(3-6-17)14-12(9-15)8-13-10-16-4-7-18(13)14/h8,11,16H,2-7,10H2,1H3. The highest BCUT2D eigenvalue weighted by Gasteiger charge is 2.30. The fourth-order valence-corrected chi connectivity index (χ4v) is 4.30. The van der Waals surface area contributed by atoms with E-state index in [0.717, 1.165) is 43.7 Å². The van der Waals surface area contributed by atoms with Crippen molar-refractivity contribution in [2.75, 3.05) is 25.9 Å². The maximum Gasteiger partial charge on any atom is 0.211 e. The van der Waals surface area contributed by atoms with Crippen LogP contribution in [0, 0.1) is 11.3 Å². The highest BCUT2D eigenvalue weighted by Crippen LogP contribution is 2.33. The van der Waals surface area contributed by atoms with Crippen molar-refractivity contribution in [3.63, 3.8) is 0 Å². The summed E-state index contributed by atoms with van der Waals surface area (Å²) < 4.78 is 27.0. The number of sulfonamides is 1. The first kappa shape index (κ1) is 14.6. The molecule has 0 radical (unpaired) electrons. The third kappa shape index (κ3) is 2.71. The summed E-state index contributed by atoms with van der Waals surface area (Å²) in [6.07, 6.45) is 2.84. The number of nitrogens with zero attached hydrogens (tertiary/aromatic N) is 3. The van der Waals surface area contributed by atoms with Crippen molar-refractivity contribution >= 4 is 10.0 Å². The van der Waals surface area contributed by atoms with Crippen LogP contribution in [0.1, 0.15) is 35.7 Å². The summed E-state index contributed by atoms with van der Waals surface area (Å²) in [4.78, 5) is 0. The number of nitriles is 1. The molecule has 0 bridgehead atoms. The molecule has 7 heteroatoms. The average Bonchev–Trinajstić information content (AvgIpc) is 2.85. The number of fused-ring (bicyclic) bond motifs is 1. The van der Waals surface area contributed by atoms with Gasteiger partial charge in [-0.15, -0.1) is 0 Å². The molecular weight excluding hydrogens is 288 g/mol. The second-order valence-corrected chi connectivity index (χ2v) is 7.79. The van der Waals surface area contributed by atoms with Gasteiger partial charge in [0.2, 0.25) is 10.0 Å². The number of rotatable bonds is 2. The smallest absolute Gasteiger partial charge is 0.211 e. The van der Waals surface area contributed by atoms with Gasteiger partial charge in [0.25, 0.3) is 0 Å². The quantitative estimate of drug-likeness (QED) is 0.868. The Morgan fingerprint density at radius 3 is 2.67 bits per heavy atom. The van der Waals surface area contributed by atoms with Crippen LogP contribution >= 0.6 is 0 Å². The Kier molecular flexibility index (Phi) is 3.78. The zero-order valence-corrected chi connectivity index (χ0v) is 13.0. The molecule has 0 saturated carbocycles. The molecule has 6 nitrogen and oxygen atoms in total. The van der Waals surface area contributed by atoms with Crippen LogP contribution in [0.2, 0.25) is 0 Å². The Bertz CT molecular complexity index is 679. The molecule has 1 aromatic heterocycles. The average molecular weight is 308 g/mol. The van der Waals surface area contributed by atoms with Crippen LogP contribution in [-0.4, -0.2) is 43.2 Å². The van der Waals surface area contributed by atoms with Gasteiger partial charge in [-0.3, -0.25) is 0 Å². The van der Waals surface area contributed by atoms with Crippen LogP contribution in [0.25, 0.3) is 0 Å². The molecule has 0 aromatic carbocycles. The van der Waals surface area contributed by atoms with Crippen molar-refractivity contribution in [3.05, 3.63) is 23.0 Å². The van der Waals surface area contributed by atoms with Gasteiger partial charge in [0.1, 0.15) is 6.07 Å². The third-order valence-electron chi connectivity index (χ3n) is 4.47. The van der Waals surface area contributed by atoms with E-state index in [1.54, 1.807) is 0 Å². The second-order valence-electron chi connectivity index (χ2n) is 5.81. The van der Waals surface area contributed by atoms with Crippen LogP contribution < -0.4 is 5.32 Å². The van der Waals surface area contributed by atoms with Crippen LogP contribution in [0.15, 0.2) is 6.07 Å². The molecule has 1 N–H and O–H groups in total. The number of aromatic nitrogens is 1. The second kappa shape index (κ2) is 5.44. The van der Waals surface area contributed by atoms with E-state index in [-0.39, 0.29) is 5.92 Å². The molecule has 2 aliphatic rings. The zero-order valence-electron chi connectivity index (χ0n) is 12.2. The molecule has 3 rings (SSSR count). The first-order valence-corrected chi connectivity index (χ1v) is 9.14. The maximum absolute atomic E-state index is 11.6. The fourth-order valence-electron chi connectivity index (χ4n) is 3.43. The van der Waals surface area contributed by atoms with Gasteiger partial charge in [0, 0.05) is 50.0 Å². The van der Waals surface area contributed by atoms with Crippen molar-refractivity contribution in [1.82, 2.24) is 14.2 Å². The van der Waals surface area contributed by atoms with Gasteiger partial charge in [0.05, 0.1) is 11.8 Å². The van der Waals surface area contributed by atoms with E-state index in [4.69, 9.17) is 0 Å². The molecule has 0 spiro atoms. The van der Waals surface area contributed by atoms with Crippen LogP contribution in [0.3, 0.4) is 0 Å². The first-order valence-electron chi connectivity index (χ1n) is 7.29. The summed E-state index contributed by atoms with van der Waals surface area (Å²) in [5.74, 6) is 0.282. The molecular formula is C14H20N4O2S. The van der Waals surface area contributed by atoms with Crippen LogP contribution in [0.4, 0.5) is 0 Å².